The van der Waals surface area contributed by atoms with Crippen molar-refractivity contribution in [2.24, 2.45) is 0 Å². The highest BCUT2D eigenvalue weighted by atomic mass is 127. The first kappa shape index (κ1) is 35.0. The van der Waals surface area contributed by atoms with E-state index in [-0.39, 0.29) is 36.3 Å². The largest absolute Gasteiger partial charge is 1.00 e. The predicted octanol–water partition coefficient (Wildman–Crippen LogP) is 2.34. The molecule has 0 amide bonds. The number of hydrogen-bond donors (Lipinski definition) is 1. The van der Waals surface area contributed by atoms with Crippen molar-refractivity contribution in [2.45, 2.75) is 117 Å². The molecule has 210 valence electrons. The molecule has 0 aliphatic rings. The van der Waals surface area contributed by atoms with E-state index < -0.39 is 5.69 Å². The Bertz CT molecular complexity index is 820. The van der Waals surface area contributed by atoms with Gasteiger partial charge in [-0.3, -0.25) is 19.1 Å². The van der Waals surface area contributed by atoms with Gasteiger partial charge in [0.05, 0.1) is 33.7 Å². The van der Waals surface area contributed by atoms with Crippen molar-refractivity contribution in [2.75, 3.05) is 33.8 Å². The van der Waals surface area contributed by atoms with E-state index in [1.165, 1.54) is 87.8 Å². The van der Waals surface area contributed by atoms with Gasteiger partial charge in [-0.25, -0.2) is 4.79 Å². The van der Waals surface area contributed by atoms with Crippen LogP contribution in [0.1, 0.15) is 109 Å². The standard InChI is InChI=1S/C28H51N3O4.HI/c1-5-6-7-8-9-10-11-12-13-14-15-16-17-18-26(32)19-20-31(3,4)21-22-35-24-30-23-25(2)27(33)29-28(30)34;/h23H,5-22,24H2,1-4H3;1H. The average molecular weight is 622 g/mol. The summed E-state index contributed by atoms with van der Waals surface area (Å²) in [6.45, 7) is 6.05. The summed E-state index contributed by atoms with van der Waals surface area (Å²) < 4.78 is 7.69. The number of H-pyrrole nitrogens is 1. The van der Waals surface area contributed by atoms with Gasteiger partial charge in [0.25, 0.3) is 5.56 Å². The number of likely N-dealkylation sites (N-methyl/N-ethyl adjacent to an activating group) is 1. The number of carbonyl (C=O) groups excluding carboxylic acids is 1. The van der Waals surface area contributed by atoms with Gasteiger partial charge in [0, 0.05) is 18.2 Å². The summed E-state index contributed by atoms with van der Waals surface area (Å²) in [5, 5.41) is 0. The molecule has 1 rings (SSSR count). The van der Waals surface area contributed by atoms with Gasteiger partial charge < -0.3 is 33.2 Å². The molecule has 1 aromatic rings. The number of carbonyl (C=O) groups is 1. The zero-order valence-electron chi connectivity index (χ0n) is 23.4. The number of quaternary nitrogens is 1. The Balaban J connectivity index is 0.0000122. The third-order valence-electron chi connectivity index (χ3n) is 6.82. The molecule has 0 aliphatic heterocycles. The molecule has 0 bridgehead atoms. The molecule has 0 atom stereocenters. The summed E-state index contributed by atoms with van der Waals surface area (Å²) in [6, 6.07) is 0. The summed E-state index contributed by atoms with van der Waals surface area (Å²) in [7, 11) is 4.19. The number of unbranched alkanes of at least 4 members (excludes halogenated alkanes) is 12. The quantitative estimate of drug-likeness (QED) is 0.123. The smallest absolute Gasteiger partial charge is 0.330 e. The first-order chi connectivity index (χ1) is 16.7. The number of aromatic amines is 1. The maximum Gasteiger partial charge on any atom is 0.330 e. The highest BCUT2D eigenvalue weighted by Gasteiger charge is 2.17. The van der Waals surface area contributed by atoms with Crippen LogP contribution >= 0.6 is 0 Å². The molecule has 1 aromatic heterocycles. The SMILES string of the molecule is CCCCCCCCCCCCCCCC(=O)CC[N+](C)(C)CCOCn1cc(C)c(=O)[nH]c1=O.[I-]. The fourth-order valence-electron chi connectivity index (χ4n) is 4.19. The molecule has 8 heteroatoms. The Morgan fingerprint density at radius 3 is 1.94 bits per heavy atom. The third kappa shape index (κ3) is 17.5. The van der Waals surface area contributed by atoms with Gasteiger partial charge in [-0.2, -0.15) is 0 Å². The van der Waals surface area contributed by atoms with Crippen LogP contribution in [0, 0.1) is 6.92 Å². The van der Waals surface area contributed by atoms with E-state index in [0.29, 0.717) is 35.3 Å². The Hall–Kier alpha value is -1.000. The summed E-state index contributed by atoms with van der Waals surface area (Å²) in [4.78, 5) is 37.8. The lowest BCUT2D eigenvalue weighted by Crippen LogP contribution is -3.00. The van der Waals surface area contributed by atoms with Gasteiger partial charge in [-0.15, -0.1) is 0 Å². The van der Waals surface area contributed by atoms with E-state index in [0.717, 1.165) is 19.5 Å². The lowest BCUT2D eigenvalue weighted by Gasteiger charge is -2.29. The van der Waals surface area contributed by atoms with Crippen LogP contribution in [0.2, 0.25) is 0 Å². The van der Waals surface area contributed by atoms with Gasteiger partial charge >= 0.3 is 5.69 Å². The van der Waals surface area contributed by atoms with Crippen LogP contribution < -0.4 is 35.2 Å². The second-order valence-electron chi connectivity index (χ2n) is 10.7. The van der Waals surface area contributed by atoms with E-state index in [1.807, 2.05) is 0 Å². The third-order valence-corrected chi connectivity index (χ3v) is 6.82. The van der Waals surface area contributed by atoms with Gasteiger partial charge in [0.2, 0.25) is 0 Å². The lowest BCUT2D eigenvalue weighted by atomic mass is 10.0. The molecule has 0 aromatic carbocycles. The monoisotopic (exact) mass is 621 g/mol. The maximum atomic E-state index is 12.3. The number of Topliss-reactive ketones (excluding diaryl/α,β-unsaturated/α-hetero) is 1. The predicted molar refractivity (Wildman–Crippen MR) is 144 cm³/mol. The summed E-state index contributed by atoms with van der Waals surface area (Å²) >= 11 is 0. The molecule has 0 aliphatic carbocycles. The van der Waals surface area contributed by atoms with Gasteiger partial charge in [-0.05, 0) is 13.3 Å². The zero-order valence-corrected chi connectivity index (χ0v) is 25.6. The number of aromatic nitrogens is 2. The molecule has 1 heterocycles. The van der Waals surface area contributed by atoms with Gasteiger partial charge in [0.1, 0.15) is 19.1 Å². The lowest BCUT2D eigenvalue weighted by molar-refractivity contribution is -0.890. The number of nitrogens with one attached hydrogen (secondary N) is 1. The Morgan fingerprint density at radius 1 is 0.861 bits per heavy atom. The highest BCUT2D eigenvalue weighted by molar-refractivity contribution is 5.78. The molecule has 0 radical (unpaired) electrons. The number of hydrogen-bond acceptors (Lipinski definition) is 4. The van der Waals surface area contributed by atoms with E-state index >= 15 is 0 Å². The average Bonchev–Trinajstić information content (AvgIpc) is 2.81. The number of ether oxygens (including phenoxy) is 1. The van der Waals surface area contributed by atoms with E-state index in [4.69, 9.17) is 4.74 Å². The summed E-state index contributed by atoms with van der Waals surface area (Å²) in [6.07, 6.45) is 20.0. The summed E-state index contributed by atoms with van der Waals surface area (Å²) in [5.41, 5.74) is -0.355. The molecule has 0 spiro atoms. The minimum atomic E-state index is -0.465. The molecular weight excluding hydrogens is 569 g/mol. The molecule has 36 heavy (non-hydrogen) atoms. The van der Waals surface area contributed by atoms with E-state index in [2.05, 4.69) is 26.0 Å². The van der Waals surface area contributed by atoms with Crippen molar-refractivity contribution in [3.05, 3.63) is 32.6 Å². The van der Waals surface area contributed by atoms with Gasteiger partial charge in [0.15, 0.2) is 0 Å². The minimum absolute atomic E-state index is 0. The molecule has 7 nitrogen and oxygen atoms in total. The number of halogens is 1. The van der Waals surface area contributed by atoms with E-state index in [1.54, 1.807) is 6.92 Å². The molecule has 0 fully saturated rings. The van der Waals surface area contributed by atoms with Crippen molar-refractivity contribution < 1.29 is 38.0 Å². The first-order valence-corrected chi connectivity index (χ1v) is 14.0. The second kappa shape index (κ2) is 21.0. The van der Waals surface area contributed by atoms with Crippen LogP contribution in [0.4, 0.5) is 0 Å². The number of rotatable bonds is 22. The van der Waals surface area contributed by atoms with Crippen LogP contribution in [0.15, 0.2) is 15.8 Å². The minimum Gasteiger partial charge on any atom is -1.00 e. The molecule has 1 N–H and O–H groups in total. The molecular formula is C28H52IN3O4. The Kier molecular flexibility index (Phi) is 20.4. The Morgan fingerprint density at radius 2 is 1.39 bits per heavy atom. The normalized spacial score (nSPS) is 11.4. The number of aryl methyl sites for hydroxylation is 1. The van der Waals surface area contributed by atoms with Crippen LogP contribution in [-0.2, 0) is 16.3 Å². The summed E-state index contributed by atoms with van der Waals surface area (Å²) in [5.74, 6) is 0.357. The molecule has 0 saturated carbocycles. The number of nitrogens with zero attached hydrogens (tertiary/aromatic N) is 2. The maximum absolute atomic E-state index is 12.3. The van der Waals surface area contributed by atoms with Crippen LogP contribution in [0.25, 0.3) is 0 Å². The van der Waals surface area contributed by atoms with Crippen molar-refractivity contribution in [3.8, 4) is 0 Å². The van der Waals surface area contributed by atoms with Crippen LogP contribution in [-0.4, -0.2) is 53.6 Å². The topological polar surface area (TPSA) is 81.2 Å². The van der Waals surface area contributed by atoms with E-state index in [9.17, 15) is 14.4 Å². The van der Waals surface area contributed by atoms with Crippen molar-refractivity contribution in [1.82, 2.24) is 9.55 Å². The van der Waals surface area contributed by atoms with Crippen LogP contribution in [0.3, 0.4) is 0 Å². The van der Waals surface area contributed by atoms with Crippen molar-refractivity contribution >= 4 is 5.78 Å². The fourth-order valence-corrected chi connectivity index (χ4v) is 4.19. The molecule has 0 saturated heterocycles. The number of ketones is 1. The van der Waals surface area contributed by atoms with Crippen molar-refractivity contribution in [3.63, 3.8) is 0 Å². The van der Waals surface area contributed by atoms with Crippen molar-refractivity contribution in [1.29, 1.82) is 0 Å². The fraction of sp³-hybridized carbons (Fsp3) is 0.821. The Labute approximate surface area is 236 Å². The van der Waals surface area contributed by atoms with Gasteiger partial charge in [-0.1, -0.05) is 84.0 Å². The van der Waals surface area contributed by atoms with Crippen LogP contribution in [0.5, 0.6) is 0 Å². The second-order valence-corrected chi connectivity index (χ2v) is 10.7. The molecule has 0 unspecified atom stereocenters. The first-order valence-electron chi connectivity index (χ1n) is 14.0. The highest BCUT2D eigenvalue weighted by Crippen LogP contribution is 2.13. The zero-order chi connectivity index (χ0) is 25.9.